The van der Waals surface area contributed by atoms with E-state index in [1.807, 2.05) is 4.90 Å². The normalized spacial score (nSPS) is 16.8. The Balaban J connectivity index is 0.00000200. The van der Waals surface area contributed by atoms with Crippen LogP contribution in [0.15, 0.2) is 22.7 Å². The Labute approximate surface area is 144 Å². The van der Waals surface area contributed by atoms with Gasteiger partial charge in [-0.05, 0) is 23.8 Å². The smallest absolute Gasteiger partial charge is 0.258 e. The number of hydrogen-bond acceptors (Lipinski definition) is 3. The molecule has 0 bridgehead atoms. The van der Waals surface area contributed by atoms with Crippen LogP contribution in [-0.4, -0.2) is 44.6 Å². The molecule has 0 amide bonds. The van der Waals surface area contributed by atoms with Crippen molar-refractivity contribution >= 4 is 40.7 Å². The summed E-state index contributed by atoms with van der Waals surface area (Å²) in [5, 5.41) is 3.17. The maximum atomic E-state index is 13.5. The van der Waals surface area contributed by atoms with Crippen molar-refractivity contribution in [2.75, 3.05) is 33.3 Å². The summed E-state index contributed by atoms with van der Waals surface area (Å²) in [6.45, 7) is 2.73. The van der Waals surface area contributed by atoms with Gasteiger partial charge in [0.1, 0.15) is 5.75 Å². The van der Waals surface area contributed by atoms with E-state index in [1.54, 1.807) is 18.2 Å². The van der Waals surface area contributed by atoms with Gasteiger partial charge >= 0.3 is 0 Å². The minimum absolute atomic E-state index is 0. The fourth-order valence-corrected chi connectivity index (χ4v) is 2.81. The van der Waals surface area contributed by atoms with Crippen molar-refractivity contribution in [2.24, 2.45) is 0 Å². The molecule has 21 heavy (non-hydrogen) atoms. The molecule has 1 heterocycles. The molecule has 1 aliphatic heterocycles. The number of halogens is 5. The monoisotopic (exact) mass is 406 g/mol. The molecule has 1 saturated heterocycles. The van der Waals surface area contributed by atoms with Crippen LogP contribution in [0.2, 0.25) is 0 Å². The molecule has 0 aliphatic carbocycles. The van der Waals surface area contributed by atoms with Gasteiger partial charge in [0, 0.05) is 30.7 Å². The number of nitrogens with one attached hydrogen (secondary N) is 1. The molecule has 0 saturated carbocycles. The highest BCUT2D eigenvalue weighted by Crippen LogP contribution is 2.35. The average Bonchev–Trinajstić information content (AvgIpc) is 2.42. The van der Waals surface area contributed by atoms with E-state index in [9.17, 15) is 8.78 Å². The van der Waals surface area contributed by atoms with E-state index in [4.69, 9.17) is 4.74 Å². The largest absolute Gasteiger partial charge is 0.497 e. The Morgan fingerprint density at radius 3 is 2.38 bits per heavy atom. The fraction of sp³-hybridized carbons (Fsp3) is 0.538. The van der Waals surface area contributed by atoms with Gasteiger partial charge in [-0.25, -0.2) is 8.78 Å². The standard InChI is InChI=1S/C13H17BrF2N2O.2ClH/c1-19-9-2-3-11(14)10(8-9)12(13(15)16)18-6-4-17-5-7-18;;/h2-3,8,12-13,17H,4-7H2,1H3;2*1H/t12-;;/m1../s1. The van der Waals surface area contributed by atoms with Crippen LogP contribution in [-0.2, 0) is 0 Å². The molecule has 3 nitrogen and oxygen atoms in total. The number of benzene rings is 1. The number of ether oxygens (including phenoxy) is 1. The first kappa shape index (κ1) is 20.9. The maximum absolute atomic E-state index is 13.5. The van der Waals surface area contributed by atoms with Crippen LogP contribution in [0.4, 0.5) is 8.78 Å². The van der Waals surface area contributed by atoms with Gasteiger partial charge in [-0.1, -0.05) is 15.9 Å². The van der Waals surface area contributed by atoms with Gasteiger partial charge < -0.3 is 10.1 Å². The molecule has 0 radical (unpaired) electrons. The molecule has 1 aliphatic rings. The zero-order chi connectivity index (χ0) is 13.8. The molecular formula is C13H19BrCl2F2N2O. The first-order valence-electron chi connectivity index (χ1n) is 6.20. The molecule has 1 fully saturated rings. The number of nitrogens with zero attached hydrogens (tertiary/aromatic N) is 1. The molecule has 0 unspecified atom stereocenters. The van der Waals surface area contributed by atoms with Crippen LogP contribution in [0, 0.1) is 0 Å². The van der Waals surface area contributed by atoms with Crippen molar-refractivity contribution in [2.45, 2.75) is 12.5 Å². The van der Waals surface area contributed by atoms with E-state index in [1.165, 1.54) is 7.11 Å². The van der Waals surface area contributed by atoms with Crippen molar-refractivity contribution in [1.82, 2.24) is 10.2 Å². The second-order valence-corrected chi connectivity index (χ2v) is 5.31. The highest BCUT2D eigenvalue weighted by molar-refractivity contribution is 9.10. The Morgan fingerprint density at radius 2 is 1.86 bits per heavy atom. The van der Waals surface area contributed by atoms with Crippen molar-refractivity contribution in [1.29, 1.82) is 0 Å². The van der Waals surface area contributed by atoms with Crippen LogP contribution in [0.1, 0.15) is 11.6 Å². The lowest BCUT2D eigenvalue weighted by atomic mass is 10.0. The minimum Gasteiger partial charge on any atom is -0.497 e. The first-order chi connectivity index (χ1) is 9.13. The lowest BCUT2D eigenvalue weighted by Gasteiger charge is -2.35. The molecular weight excluding hydrogens is 389 g/mol. The van der Waals surface area contributed by atoms with Gasteiger partial charge in [-0.2, -0.15) is 0 Å². The molecule has 0 spiro atoms. The zero-order valence-electron chi connectivity index (χ0n) is 11.5. The van der Waals surface area contributed by atoms with Crippen molar-refractivity contribution in [3.63, 3.8) is 0 Å². The molecule has 1 aromatic rings. The second-order valence-electron chi connectivity index (χ2n) is 4.45. The van der Waals surface area contributed by atoms with E-state index in [-0.39, 0.29) is 24.8 Å². The highest BCUT2D eigenvalue weighted by atomic mass is 79.9. The summed E-state index contributed by atoms with van der Waals surface area (Å²) in [5.41, 5.74) is 0.580. The summed E-state index contributed by atoms with van der Waals surface area (Å²) < 4.78 is 32.7. The van der Waals surface area contributed by atoms with Crippen LogP contribution in [0.3, 0.4) is 0 Å². The van der Waals surface area contributed by atoms with Crippen LogP contribution in [0.25, 0.3) is 0 Å². The van der Waals surface area contributed by atoms with Crippen molar-refractivity contribution in [3.05, 3.63) is 28.2 Å². The average molecular weight is 408 g/mol. The van der Waals surface area contributed by atoms with E-state index in [0.717, 1.165) is 13.1 Å². The molecule has 0 aromatic heterocycles. The zero-order valence-corrected chi connectivity index (χ0v) is 14.7. The van der Waals surface area contributed by atoms with Crippen molar-refractivity contribution < 1.29 is 13.5 Å². The highest BCUT2D eigenvalue weighted by Gasteiger charge is 2.31. The maximum Gasteiger partial charge on any atom is 0.258 e. The van der Waals surface area contributed by atoms with Gasteiger partial charge in [-0.3, -0.25) is 4.90 Å². The third kappa shape index (κ3) is 5.21. The Morgan fingerprint density at radius 1 is 1.24 bits per heavy atom. The fourth-order valence-electron chi connectivity index (χ4n) is 2.33. The second kappa shape index (κ2) is 9.79. The van der Waals surface area contributed by atoms with Crippen LogP contribution < -0.4 is 10.1 Å². The lowest BCUT2D eigenvalue weighted by Crippen LogP contribution is -2.47. The predicted molar refractivity (Wildman–Crippen MR) is 88.4 cm³/mol. The number of piperazine rings is 1. The SMILES string of the molecule is COc1ccc(Br)c([C@H](C(F)F)N2CCNCC2)c1.Cl.Cl. The van der Waals surface area contributed by atoms with Gasteiger partial charge in [0.2, 0.25) is 0 Å². The Bertz CT molecular complexity index is 435. The van der Waals surface area contributed by atoms with E-state index in [0.29, 0.717) is 28.9 Å². The summed E-state index contributed by atoms with van der Waals surface area (Å²) in [7, 11) is 1.54. The van der Waals surface area contributed by atoms with Gasteiger partial charge in [0.15, 0.2) is 0 Å². The molecule has 122 valence electrons. The quantitative estimate of drug-likeness (QED) is 0.826. The van der Waals surface area contributed by atoms with E-state index >= 15 is 0 Å². The third-order valence-corrected chi connectivity index (χ3v) is 4.03. The van der Waals surface area contributed by atoms with Gasteiger partial charge in [0.25, 0.3) is 6.43 Å². The number of alkyl halides is 2. The minimum atomic E-state index is -2.43. The summed E-state index contributed by atoms with van der Waals surface area (Å²) >= 11 is 3.36. The lowest BCUT2D eigenvalue weighted by molar-refractivity contribution is 0.0177. The topological polar surface area (TPSA) is 24.5 Å². The molecule has 1 aromatic carbocycles. The molecule has 1 N–H and O–H groups in total. The summed E-state index contributed by atoms with van der Waals surface area (Å²) in [5.74, 6) is 0.596. The molecule has 2 rings (SSSR count). The predicted octanol–water partition coefficient (Wildman–Crippen LogP) is 3.51. The number of methoxy groups -OCH3 is 1. The summed E-state index contributed by atoms with van der Waals surface area (Å²) in [6, 6.07) is 4.30. The van der Waals surface area contributed by atoms with Gasteiger partial charge in [-0.15, -0.1) is 24.8 Å². The summed E-state index contributed by atoms with van der Waals surface area (Å²) in [6.07, 6.45) is -2.43. The molecule has 1 atom stereocenters. The van der Waals surface area contributed by atoms with Gasteiger partial charge in [0.05, 0.1) is 13.2 Å². The molecule has 8 heteroatoms. The number of hydrogen-bond donors (Lipinski definition) is 1. The number of rotatable bonds is 4. The Hall–Kier alpha value is -0.140. The van der Waals surface area contributed by atoms with E-state index < -0.39 is 12.5 Å². The Kier molecular flexibility index (Phi) is 9.73. The van der Waals surface area contributed by atoms with E-state index in [2.05, 4.69) is 21.2 Å². The van der Waals surface area contributed by atoms with Crippen LogP contribution >= 0.6 is 40.7 Å². The summed E-state index contributed by atoms with van der Waals surface area (Å²) in [4.78, 5) is 1.82. The first-order valence-corrected chi connectivity index (χ1v) is 6.99. The third-order valence-electron chi connectivity index (χ3n) is 3.31. The van der Waals surface area contributed by atoms with Crippen LogP contribution in [0.5, 0.6) is 5.75 Å². The van der Waals surface area contributed by atoms with Crippen molar-refractivity contribution in [3.8, 4) is 5.75 Å².